The molecule has 2 aliphatic heterocycles. The summed E-state index contributed by atoms with van der Waals surface area (Å²) in [7, 11) is 0. The van der Waals surface area contributed by atoms with E-state index in [1.54, 1.807) is 17.8 Å². The van der Waals surface area contributed by atoms with Gasteiger partial charge < -0.3 is 14.8 Å². The van der Waals surface area contributed by atoms with Crippen molar-refractivity contribution in [1.82, 2.24) is 9.88 Å². The molecule has 7 rings (SSSR count). The normalized spacial score (nSPS) is 29.9. The van der Waals surface area contributed by atoms with E-state index < -0.39 is 24.3 Å². The topological polar surface area (TPSA) is 117 Å². The van der Waals surface area contributed by atoms with E-state index in [4.69, 9.17) is 16.3 Å². The zero-order valence-electron chi connectivity index (χ0n) is 21.3. The van der Waals surface area contributed by atoms with Crippen molar-refractivity contribution in [3.05, 3.63) is 78.7 Å². The Morgan fingerprint density at radius 1 is 1.12 bits per heavy atom. The molecule has 2 N–H and O–H groups in total. The summed E-state index contributed by atoms with van der Waals surface area (Å²) in [6.45, 7) is 1.78. The van der Waals surface area contributed by atoms with Crippen molar-refractivity contribution in [3.63, 3.8) is 0 Å². The number of hydrogen-bond donors (Lipinski definition) is 2. The Labute approximate surface area is 242 Å². The summed E-state index contributed by atoms with van der Waals surface area (Å²) in [4.78, 5) is 55.4. The van der Waals surface area contributed by atoms with Crippen molar-refractivity contribution in [3.8, 4) is 5.75 Å². The molecule has 6 unspecified atom stereocenters. The smallest absolute Gasteiger partial charge is 0.323 e. The predicted molar refractivity (Wildman–Crippen MR) is 150 cm³/mol. The van der Waals surface area contributed by atoms with Crippen LogP contribution in [0.4, 0.5) is 0 Å². The molecule has 2 aliphatic carbocycles. The van der Waals surface area contributed by atoms with Gasteiger partial charge >= 0.3 is 10.8 Å². The van der Waals surface area contributed by atoms with Gasteiger partial charge in [0.1, 0.15) is 18.9 Å². The molecule has 4 aliphatic rings. The number of carboxylic acids is 1. The third kappa shape index (κ3) is 3.94. The lowest BCUT2D eigenvalue weighted by atomic mass is 9.68. The highest BCUT2D eigenvalue weighted by molar-refractivity contribution is 8.00. The number of H-pyrrole nitrogens is 1. The van der Waals surface area contributed by atoms with Crippen LogP contribution in [0.3, 0.4) is 0 Å². The molecular formula is C29H25ClN2O6S2. The first-order valence-corrected chi connectivity index (χ1v) is 15.2. The SMILES string of the molecule is Cc1cccc(COc2ccc(Cl)cc2[C@H]2c3sc(=O)[nH]c3SC3C4CC(C5C(=O)N(CC(=O)O)C(=O)C45)C32)c1. The van der Waals surface area contributed by atoms with Crippen LogP contribution >= 0.6 is 34.7 Å². The van der Waals surface area contributed by atoms with Crippen LogP contribution < -0.4 is 9.61 Å². The number of carboxylic acid groups (broad SMARTS) is 1. The molecule has 3 fully saturated rings. The molecule has 7 atom stereocenters. The number of aliphatic carboxylic acids is 1. The number of imide groups is 1. The van der Waals surface area contributed by atoms with E-state index in [0.29, 0.717) is 23.8 Å². The van der Waals surface area contributed by atoms with E-state index in [1.807, 2.05) is 37.3 Å². The second-order valence-corrected chi connectivity index (χ2v) is 13.7. The number of ether oxygens (including phenoxy) is 1. The fourth-order valence-electron chi connectivity index (χ4n) is 7.57. The maximum Gasteiger partial charge on any atom is 0.323 e. The lowest BCUT2D eigenvalue weighted by Gasteiger charge is -2.43. The van der Waals surface area contributed by atoms with E-state index >= 15 is 0 Å². The van der Waals surface area contributed by atoms with Gasteiger partial charge in [0.15, 0.2) is 0 Å². The molecule has 2 saturated carbocycles. The monoisotopic (exact) mass is 596 g/mol. The van der Waals surface area contributed by atoms with Gasteiger partial charge in [0.25, 0.3) is 0 Å². The van der Waals surface area contributed by atoms with Gasteiger partial charge in [-0.05, 0) is 54.9 Å². The van der Waals surface area contributed by atoms with E-state index in [2.05, 4.69) is 11.1 Å². The summed E-state index contributed by atoms with van der Waals surface area (Å²) < 4.78 is 6.38. The molecule has 40 heavy (non-hydrogen) atoms. The minimum Gasteiger partial charge on any atom is -0.489 e. The number of aromatic nitrogens is 1. The summed E-state index contributed by atoms with van der Waals surface area (Å²) in [6, 6.07) is 13.6. The van der Waals surface area contributed by atoms with Crippen molar-refractivity contribution in [2.24, 2.45) is 29.6 Å². The number of aromatic amines is 1. The molecule has 0 spiro atoms. The number of thiazole rings is 1. The minimum atomic E-state index is -1.20. The maximum absolute atomic E-state index is 13.4. The Balaban J connectivity index is 1.30. The van der Waals surface area contributed by atoms with Crippen LogP contribution in [0.25, 0.3) is 0 Å². The summed E-state index contributed by atoms with van der Waals surface area (Å²) in [5.41, 5.74) is 3.02. The first-order chi connectivity index (χ1) is 19.2. The molecule has 1 aromatic heterocycles. The predicted octanol–water partition coefficient (Wildman–Crippen LogP) is 4.54. The number of nitrogens with one attached hydrogen (secondary N) is 1. The molecule has 2 bridgehead atoms. The van der Waals surface area contributed by atoms with Crippen LogP contribution in [-0.4, -0.2) is 44.6 Å². The minimum absolute atomic E-state index is 0.0147. The lowest BCUT2D eigenvalue weighted by Crippen LogP contribution is -2.42. The molecule has 11 heteroatoms. The number of likely N-dealkylation sites (tertiary alicyclic amines) is 1. The maximum atomic E-state index is 13.4. The number of amides is 2. The van der Waals surface area contributed by atoms with Crippen LogP contribution in [0.1, 0.15) is 33.9 Å². The Hall–Kier alpha value is -3.08. The molecule has 3 aromatic rings. The van der Waals surface area contributed by atoms with Crippen LogP contribution in [-0.2, 0) is 21.0 Å². The number of hydrogen-bond acceptors (Lipinski definition) is 7. The number of rotatable bonds is 6. The number of nitrogens with zero attached hydrogens (tertiary/aromatic N) is 1. The van der Waals surface area contributed by atoms with Crippen LogP contribution in [0.5, 0.6) is 5.75 Å². The summed E-state index contributed by atoms with van der Waals surface area (Å²) in [5, 5.41) is 10.6. The second-order valence-electron chi connectivity index (χ2n) is 11.1. The lowest BCUT2D eigenvalue weighted by molar-refractivity contribution is -0.149. The fraction of sp³-hybridized carbons (Fsp3) is 0.379. The summed E-state index contributed by atoms with van der Waals surface area (Å²) in [6.07, 6.45) is 0.714. The highest BCUT2D eigenvalue weighted by atomic mass is 35.5. The van der Waals surface area contributed by atoms with Gasteiger partial charge in [0.2, 0.25) is 11.8 Å². The van der Waals surface area contributed by atoms with Crippen molar-refractivity contribution < 1.29 is 24.2 Å². The average molecular weight is 597 g/mol. The number of halogens is 1. The highest BCUT2D eigenvalue weighted by Gasteiger charge is 2.69. The van der Waals surface area contributed by atoms with Gasteiger partial charge in [-0.15, -0.1) is 11.8 Å². The molecule has 206 valence electrons. The quantitative estimate of drug-likeness (QED) is 0.401. The van der Waals surface area contributed by atoms with Crippen molar-refractivity contribution in [1.29, 1.82) is 0 Å². The van der Waals surface area contributed by atoms with Crippen LogP contribution in [0, 0.1) is 36.5 Å². The van der Waals surface area contributed by atoms with E-state index in [-0.39, 0.29) is 45.6 Å². The third-order valence-electron chi connectivity index (χ3n) is 8.89. The molecule has 2 aromatic carbocycles. The second kappa shape index (κ2) is 9.49. The zero-order valence-corrected chi connectivity index (χ0v) is 23.7. The first-order valence-electron chi connectivity index (χ1n) is 13.2. The van der Waals surface area contributed by atoms with Crippen molar-refractivity contribution in [2.45, 2.75) is 36.1 Å². The fourth-order valence-corrected chi connectivity index (χ4v) is 10.6. The molecular weight excluding hydrogens is 572 g/mol. The van der Waals surface area contributed by atoms with E-state index in [1.165, 1.54) is 11.3 Å². The Morgan fingerprint density at radius 3 is 2.65 bits per heavy atom. The Bertz CT molecular complexity index is 1630. The number of benzene rings is 2. The standard InChI is InChI=1S/C29H25ClN2O6S2/c1-12-3-2-4-13(7-12)11-38-18-6-5-14(30)8-15(18)20-21-16-9-17(24(21)39-26-25(20)40-29(37)31-26)23-22(16)27(35)32(28(23)36)10-19(33)34/h2-8,16-17,20-24H,9-11H2,1H3,(H,31,37)(H,33,34)/t16?,17?,20-,21?,22?,23?,24?/m1/s1. The number of carbonyl (C=O) groups is 3. The third-order valence-corrected chi connectivity index (χ3v) is 11.7. The molecule has 0 radical (unpaired) electrons. The van der Waals surface area contributed by atoms with Gasteiger partial charge in [0, 0.05) is 26.6 Å². The molecule has 3 heterocycles. The summed E-state index contributed by atoms with van der Waals surface area (Å²) in [5.74, 6) is -2.89. The average Bonchev–Trinajstić information content (AvgIpc) is 3.64. The zero-order chi connectivity index (χ0) is 27.9. The molecule has 8 nitrogen and oxygen atoms in total. The molecule has 1 saturated heterocycles. The highest BCUT2D eigenvalue weighted by Crippen LogP contribution is 2.69. The van der Waals surface area contributed by atoms with E-state index in [9.17, 15) is 24.3 Å². The largest absolute Gasteiger partial charge is 0.489 e. The van der Waals surface area contributed by atoms with Gasteiger partial charge in [-0.3, -0.25) is 24.1 Å². The number of carbonyl (C=O) groups excluding carboxylic acids is 2. The first kappa shape index (κ1) is 25.9. The van der Waals surface area contributed by atoms with Crippen molar-refractivity contribution in [2.75, 3.05) is 6.54 Å². The number of fused-ring (bicyclic) bond motifs is 9. The summed E-state index contributed by atoms with van der Waals surface area (Å²) >= 11 is 9.29. The molecule has 2 amide bonds. The van der Waals surface area contributed by atoms with E-state index in [0.717, 1.165) is 31.5 Å². The van der Waals surface area contributed by atoms with Gasteiger partial charge in [0.05, 0.1) is 16.9 Å². The van der Waals surface area contributed by atoms with Crippen molar-refractivity contribution >= 4 is 52.5 Å². The van der Waals surface area contributed by atoms with Gasteiger partial charge in [-0.25, -0.2) is 0 Å². The number of thioether (sulfide) groups is 1. The number of aryl methyl sites for hydroxylation is 1. The van der Waals surface area contributed by atoms with Crippen LogP contribution in [0.2, 0.25) is 5.02 Å². The van der Waals surface area contributed by atoms with Gasteiger partial charge in [-0.1, -0.05) is 52.8 Å². The Kier molecular flexibility index (Phi) is 6.14. The Morgan fingerprint density at radius 2 is 1.90 bits per heavy atom. The van der Waals surface area contributed by atoms with Gasteiger partial charge in [-0.2, -0.15) is 0 Å². The van der Waals surface area contributed by atoms with Crippen LogP contribution in [0.15, 0.2) is 52.3 Å².